The van der Waals surface area contributed by atoms with E-state index in [0.29, 0.717) is 54.6 Å². The number of ether oxygens (including phenoxy) is 1. The lowest BCUT2D eigenvalue weighted by Crippen LogP contribution is -2.53. The number of piperidine rings is 1. The van der Waals surface area contributed by atoms with Gasteiger partial charge in [-0.05, 0) is 25.0 Å². The highest BCUT2D eigenvalue weighted by Crippen LogP contribution is 2.42. The van der Waals surface area contributed by atoms with Gasteiger partial charge < -0.3 is 25.5 Å². The number of nitrogens with zero attached hydrogens (tertiary/aromatic N) is 2. The van der Waals surface area contributed by atoms with Crippen LogP contribution in [0, 0.1) is 0 Å². The molecule has 3 rings (SSSR count). The van der Waals surface area contributed by atoms with E-state index in [4.69, 9.17) is 38.5 Å². The summed E-state index contributed by atoms with van der Waals surface area (Å²) in [6.45, 7) is 1.76. The van der Waals surface area contributed by atoms with Gasteiger partial charge in [-0.3, -0.25) is 4.79 Å². The average Bonchev–Trinajstić information content (AvgIpc) is 2.94. The molecule has 29 heavy (non-hydrogen) atoms. The van der Waals surface area contributed by atoms with Crippen molar-refractivity contribution >= 4 is 40.8 Å². The number of halogens is 2. The second-order valence-electron chi connectivity index (χ2n) is 7.05. The molecule has 1 fully saturated rings. The molecule has 2 amide bonds. The normalized spacial score (nSPS) is 18.9. The monoisotopic (exact) mass is 442 g/mol. The SMILES string of the molecule is CON1CCC2(CC1)NC(=O)C(c1ccc(Cl)cc1Cl)=C2OC(=O)N(C)CCN. The summed E-state index contributed by atoms with van der Waals surface area (Å²) in [6, 6.07) is 4.85. The molecule has 1 spiro atoms. The molecule has 1 saturated heterocycles. The van der Waals surface area contributed by atoms with E-state index in [2.05, 4.69) is 5.32 Å². The Labute approximate surface area is 179 Å². The second-order valence-corrected chi connectivity index (χ2v) is 7.90. The van der Waals surface area contributed by atoms with Crippen LogP contribution in [-0.4, -0.2) is 67.8 Å². The summed E-state index contributed by atoms with van der Waals surface area (Å²) in [5.41, 5.74) is 5.43. The Hall–Kier alpha value is -1.84. The van der Waals surface area contributed by atoms with Gasteiger partial charge in [0.2, 0.25) is 0 Å². The standard InChI is InChI=1S/C19H24Cl2N4O4/c1-24(10-7-22)18(27)29-16-15(13-4-3-12(20)11-14(13)21)17(26)23-19(16)5-8-25(28-2)9-6-19/h3-4,11H,5-10,22H2,1-2H3,(H,23,26). The molecule has 158 valence electrons. The van der Waals surface area contributed by atoms with E-state index in [-0.39, 0.29) is 17.2 Å². The van der Waals surface area contributed by atoms with Gasteiger partial charge in [-0.15, -0.1) is 0 Å². The Morgan fingerprint density at radius 2 is 2.03 bits per heavy atom. The Morgan fingerprint density at radius 1 is 1.34 bits per heavy atom. The molecule has 2 heterocycles. The number of likely N-dealkylation sites (N-methyl/N-ethyl adjacent to an activating group) is 1. The molecule has 0 aliphatic carbocycles. The highest BCUT2D eigenvalue weighted by Gasteiger charge is 2.50. The smallest absolute Gasteiger partial charge is 0.411 e. The molecular formula is C19H24Cl2N4O4. The fraction of sp³-hybridized carbons (Fsp3) is 0.474. The third-order valence-electron chi connectivity index (χ3n) is 5.24. The molecule has 3 N–H and O–H groups in total. The number of hydrogen-bond acceptors (Lipinski definition) is 6. The lowest BCUT2D eigenvalue weighted by Gasteiger charge is -2.39. The van der Waals surface area contributed by atoms with Crippen LogP contribution in [0.4, 0.5) is 4.79 Å². The third-order valence-corrected chi connectivity index (χ3v) is 5.79. The molecule has 1 aromatic carbocycles. The molecule has 0 atom stereocenters. The fourth-order valence-electron chi connectivity index (χ4n) is 3.62. The van der Waals surface area contributed by atoms with Crippen LogP contribution in [0.15, 0.2) is 24.0 Å². The van der Waals surface area contributed by atoms with Crippen molar-refractivity contribution in [1.82, 2.24) is 15.3 Å². The van der Waals surface area contributed by atoms with Crippen molar-refractivity contribution in [3.63, 3.8) is 0 Å². The zero-order valence-corrected chi connectivity index (χ0v) is 17.8. The summed E-state index contributed by atoms with van der Waals surface area (Å²) in [7, 11) is 3.19. The van der Waals surface area contributed by atoms with Crippen molar-refractivity contribution in [3.8, 4) is 0 Å². The first-order chi connectivity index (χ1) is 13.8. The van der Waals surface area contributed by atoms with E-state index in [0.717, 1.165) is 0 Å². The van der Waals surface area contributed by atoms with Gasteiger partial charge in [-0.1, -0.05) is 29.3 Å². The molecule has 0 radical (unpaired) electrons. The van der Waals surface area contributed by atoms with Crippen LogP contribution >= 0.6 is 23.2 Å². The quantitative estimate of drug-likeness (QED) is 0.725. The summed E-state index contributed by atoms with van der Waals surface area (Å²) < 4.78 is 5.79. The molecular weight excluding hydrogens is 419 g/mol. The maximum atomic E-state index is 13.0. The molecule has 10 heteroatoms. The number of carbonyl (C=O) groups excluding carboxylic acids is 2. The average molecular weight is 443 g/mol. The molecule has 0 unspecified atom stereocenters. The minimum atomic E-state index is -0.816. The zero-order chi connectivity index (χ0) is 21.2. The van der Waals surface area contributed by atoms with Crippen LogP contribution in [0.1, 0.15) is 18.4 Å². The van der Waals surface area contributed by atoms with Crippen molar-refractivity contribution < 1.29 is 19.2 Å². The predicted molar refractivity (Wildman–Crippen MR) is 110 cm³/mol. The van der Waals surface area contributed by atoms with Gasteiger partial charge in [0.25, 0.3) is 5.91 Å². The van der Waals surface area contributed by atoms with Crippen molar-refractivity contribution in [3.05, 3.63) is 39.6 Å². The van der Waals surface area contributed by atoms with E-state index in [1.165, 1.54) is 4.90 Å². The van der Waals surface area contributed by atoms with Crippen LogP contribution in [0.5, 0.6) is 0 Å². The zero-order valence-electron chi connectivity index (χ0n) is 16.3. The molecule has 0 aromatic heterocycles. The van der Waals surface area contributed by atoms with E-state index < -0.39 is 11.6 Å². The third kappa shape index (κ3) is 4.36. The predicted octanol–water partition coefficient (Wildman–Crippen LogP) is 2.26. The molecule has 2 aliphatic heterocycles. The summed E-state index contributed by atoms with van der Waals surface area (Å²) >= 11 is 12.4. The molecule has 1 aromatic rings. The van der Waals surface area contributed by atoms with Gasteiger partial charge in [0.05, 0.1) is 17.7 Å². The van der Waals surface area contributed by atoms with Gasteiger partial charge in [-0.2, -0.15) is 5.06 Å². The lowest BCUT2D eigenvalue weighted by molar-refractivity contribution is -0.152. The minimum absolute atomic E-state index is 0.243. The minimum Gasteiger partial charge on any atom is -0.411 e. The second kappa shape index (κ2) is 8.89. The first kappa shape index (κ1) is 21.9. The number of benzene rings is 1. The Kier molecular flexibility index (Phi) is 6.70. The number of carbonyl (C=O) groups is 2. The highest BCUT2D eigenvalue weighted by atomic mass is 35.5. The Bertz CT molecular complexity index is 837. The van der Waals surface area contributed by atoms with Crippen LogP contribution in [0.25, 0.3) is 5.57 Å². The van der Waals surface area contributed by atoms with Crippen molar-refractivity contribution in [2.45, 2.75) is 18.4 Å². The van der Waals surface area contributed by atoms with Crippen LogP contribution in [-0.2, 0) is 14.4 Å². The van der Waals surface area contributed by atoms with E-state index in [1.807, 2.05) is 0 Å². The number of nitrogens with one attached hydrogen (secondary N) is 1. The number of rotatable bonds is 5. The molecule has 0 saturated carbocycles. The van der Waals surface area contributed by atoms with E-state index >= 15 is 0 Å². The molecule has 0 bridgehead atoms. The van der Waals surface area contributed by atoms with Gasteiger partial charge in [0, 0.05) is 43.8 Å². The Balaban J connectivity index is 2.05. The van der Waals surface area contributed by atoms with Crippen molar-refractivity contribution in [2.24, 2.45) is 5.73 Å². The first-order valence-corrected chi connectivity index (χ1v) is 10.0. The van der Waals surface area contributed by atoms with Gasteiger partial charge in [0.1, 0.15) is 11.3 Å². The van der Waals surface area contributed by atoms with Gasteiger partial charge >= 0.3 is 6.09 Å². The van der Waals surface area contributed by atoms with E-state index in [9.17, 15) is 9.59 Å². The fourth-order valence-corrected chi connectivity index (χ4v) is 4.12. The topological polar surface area (TPSA) is 97.1 Å². The van der Waals surface area contributed by atoms with E-state index in [1.54, 1.807) is 37.4 Å². The van der Waals surface area contributed by atoms with Crippen LogP contribution in [0.2, 0.25) is 10.0 Å². The molecule has 8 nitrogen and oxygen atoms in total. The maximum absolute atomic E-state index is 13.0. The first-order valence-electron chi connectivity index (χ1n) is 9.26. The number of hydroxylamine groups is 2. The number of hydrogen-bond donors (Lipinski definition) is 2. The highest BCUT2D eigenvalue weighted by molar-refractivity contribution is 6.38. The van der Waals surface area contributed by atoms with Crippen LogP contribution < -0.4 is 11.1 Å². The molecule has 2 aliphatic rings. The summed E-state index contributed by atoms with van der Waals surface area (Å²) in [5, 5.41) is 5.57. The van der Waals surface area contributed by atoms with Crippen LogP contribution in [0.3, 0.4) is 0 Å². The maximum Gasteiger partial charge on any atom is 0.414 e. The summed E-state index contributed by atoms with van der Waals surface area (Å²) in [4.78, 5) is 32.3. The van der Waals surface area contributed by atoms with Gasteiger partial charge in [0.15, 0.2) is 0 Å². The largest absolute Gasteiger partial charge is 0.414 e. The summed E-state index contributed by atoms with van der Waals surface area (Å²) in [5.74, 6) is -0.0688. The van der Waals surface area contributed by atoms with Gasteiger partial charge in [-0.25, -0.2) is 4.79 Å². The summed E-state index contributed by atoms with van der Waals surface area (Å²) in [6.07, 6.45) is 0.452. The van der Waals surface area contributed by atoms with Crippen molar-refractivity contribution in [2.75, 3.05) is 40.3 Å². The lowest BCUT2D eigenvalue weighted by atomic mass is 9.86. The number of nitrogens with two attached hydrogens (primary N) is 1. The Morgan fingerprint density at radius 3 is 2.62 bits per heavy atom. The number of amides is 2. The van der Waals surface area contributed by atoms with Crippen molar-refractivity contribution in [1.29, 1.82) is 0 Å².